The van der Waals surface area contributed by atoms with E-state index in [1.165, 1.54) is 33.4 Å². The molecule has 5 nitrogen and oxygen atoms in total. The Balaban J connectivity index is 1.31. The molecular formula is C57H64N4O. The van der Waals surface area contributed by atoms with Gasteiger partial charge in [-0.2, -0.15) is 0 Å². The van der Waals surface area contributed by atoms with Gasteiger partial charge in [0.2, 0.25) is 0 Å². The van der Waals surface area contributed by atoms with Gasteiger partial charge < -0.3 is 4.74 Å². The van der Waals surface area contributed by atoms with Crippen LogP contribution < -0.4 is 9.30 Å². The van der Waals surface area contributed by atoms with Gasteiger partial charge in [0.05, 0.1) is 22.4 Å². The van der Waals surface area contributed by atoms with Crippen LogP contribution in [0.15, 0.2) is 122 Å². The summed E-state index contributed by atoms with van der Waals surface area (Å²) < 4.78 is 37.8. The van der Waals surface area contributed by atoms with Gasteiger partial charge in [-0.3, -0.25) is 13.7 Å². The largest absolute Gasteiger partial charge is 0.458 e. The molecule has 0 saturated heterocycles. The van der Waals surface area contributed by atoms with Crippen LogP contribution in [0.25, 0.3) is 50.1 Å². The van der Waals surface area contributed by atoms with Crippen molar-refractivity contribution >= 4 is 21.8 Å². The van der Waals surface area contributed by atoms with Crippen molar-refractivity contribution in [1.29, 1.82) is 0 Å². The van der Waals surface area contributed by atoms with Crippen LogP contribution in [0, 0.1) is 13.2 Å². The van der Waals surface area contributed by atoms with Crippen molar-refractivity contribution in [1.82, 2.24) is 14.1 Å². The zero-order valence-corrected chi connectivity index (χ0v) is 38.9. The van der Waals surface area contributed by atoms with Gasteiger partial charge >= 0.3 is 0 Å². The summed E-state index contributed by atoms with van der Waals surface area (Å²) in [5.41, 5.74) is 12.5. The lowest BCUT2D eigenvalue weighted by Crippen LogP contribution is -2.30. The third-order valence-electron chi connectivity index (χ3n) is 12.2. The van der Waals surface area contributed by atoms with Crippen LogP contribution in [0.3, 0.4) is 0 Å². The Kier molecular flexibility index (Phi) is 9.90. The maximum atomic E-state index is 8.19. The fraction of sp³-hybridized carbons (Fsp3) is 0.333. The molecule has 318 valence electrons. The van der Waals surface area contributed by atoms with Gasteiger partial charge in [-0.05, 0) is 146 Å². The van der Waals surface area contributed by atoms with Crippen molar-refractivity contribution < 1.29 is 13.4 Å². The van der Waals surface area contributed by atoms with E-state index in [1.807, 2.05) is 6.07 Å². The van der Waals surface area contributed by atoms with Gasteiger partial charge in [-0.25, -0.2) is 4.98 Å². The maximum absolute atomic E-state index is 8.19. The van der Waals surface area contributed by atoms with E-state index in [2.05, 4.69) is 207 Å². The first-order valence-corrected chi connectivity index (χ1v) is 22.1. The Hall–Kier alpha value is -5.94. The van der Waals surface area contributed by atoms with E-state index >= 15 is 0 Å². The summed E-state index contributed by atoms with van der Waals surface area (Å²) in [7, 11) is 0. The fourth-order valence-electron chi connectivity index (χ4n) is 8.48. The predicted molar refractivity (Wildman–Crippen MR) is 259 cm³/mol. The number of hydrogen-bond donors (Lipinski definition) is 0. The van der Waals surface area contributed by atoms with Crippen LogP contribution in [0.2, 0.25) is 0 Å². The smallest absolute Gasteiger partial charge is 0.268 e. The van der Waals surface area contributed by atoms with Crippen molar-refractivity contribution in [3.05, 3.63) is 161 Å². The minimum atomic E-state index is -2.28. The summed E-state index contributed by atoms with van der Waals surface area (Å²) in [6.45, 7) is 27.0. The van der Waals surface area contributed by atoms with Crippen molar-refractivity contribution in [3.8, 4) is 39.8 Å². The van der Waals surface area contributed by atoms with Gasteiger partial charge in [-0.1, -0.05) is 120 Å². The molecular weight excluding hydrogens is 757 g/mol. The van der Waals surface area contributed by atoms with Crippen LogP contribution in [-0.2, 0) is 16.2 Å². The molecule has 3 heterocycles. The number of ether oxygens (including phenoxy) is 1. The highest BCUT2D eigenvalue weighted by molar-refractivity contribution is 6.09. The minimum Gasteiger partial charge on any atom is -0.458 e. The molecule has 0 aliphatic rings. The lowest BCUT2D eigenvalue weighted by atomic mass is 9.80. The predicted octanol–water partition coefficient (Wildman–Crippen LogP) is 15.0. The Morgan fingerprint density at radius 2 is 1.32 bits per heavy atom. The zero-order chi connectivity index (χ0) is 47.0. The number of aromatic nitrogens is 4. The molecule has 0 N–H and O–H groups in total. The first kappa shape index (κ1) is 38.9. The molecule has 0 aliphatic carbocycles. The highest BCUT2D eigenvalue weighted by Gasteiger charge is 2.23. The van der Waals surface area contributed by atoms with Crippen molar-refractivity contribution in [2.75, 3.05) is 0 Å². The van der Waals surface area contributed by atoms with Gasteiger partial charge in [0.1, 0.15) is 17.3 Å². The van der Waals surface area contributed by atoms with Crippen LogP contribution in [0.5, 0.6) is 11.5 Å². The van der Waals surface area contributed by atoms with E-state index in [0.29, 0.717) is 29.2 Å². The molecule has 0 aliphatic heterocycles. The number of fused-ring (bicyclic) bond motifs is 3. The molecule has 0 amide bonds. The normalized spacial score (nSPS) is 13.6. The highest BCUT2D eigenvalue weighted by atomic mass is 16.5. The first-order chi connectivity index (χ1) is 30.4. The van der Waals surface area contributed by atoms with E-state index in [1.54, 1.807) is 18.3 Å². The number of imidazole rings is 1. The standard InChI is InChI=1S/C57H64N4O/c1-36(2)47-16-15-17-48(37(3)4)54(47)39-27-43(59-24-25-60(35-59)44-30-41(56(9,10)11)29-42(31-44)57(12,13)14)33-46(28-39)62-45-19-20-49-50-32-40(55(6,7)8)18-21-51(50)61(52(49)34-45)53-26-38(5)22-23-58-53/h15-34,36-37H,1-14H3/i5D3. The molecule has 5 heteroatoms. The summed E-state index contributed by atoms with van der Waals surface area (Å²) in [5, 5.41) is 2.09. The van der Waals surface area contributed by atoms with Gasteiger partial charge in [0.15, 0.2) is 0 Å². The second-order valence-corrected chi connectivity index (χ2v) is 20.7. The van der Waals surface area contributed by atoms with Gasteiger partial charge in [0.25, 0.3) is 6.33 Å². The second-order valence-electron chi connectivity index (χ2n) is 20.7. The number of aryl methyl sites for hydroxylation is 1. The van der Waals surface area contributed by atoms with Crippen LogP contribution in [0.1, 0.15) is 139 Å². The minimum absolute atomic E-state index is 0.0251. The maximum Gasteiger partial charge on any atom is 0.268 e. The Morgan fingerprint density at radius 1 is 0.645 bits per heavy atom. The molecule has 62 heavy (non-hydrogen) atoms. The van der Waals surface area contributed by atoms with Crippen LogP contribution in [-0.4, -0.2) is 14.1 Å². The summed E-state index contributed by atoms with van der Waals surface area (Å²) in [6.07, 6.45) is 9.40. The third-order valence-corrected chi connectivity index (χ3v) is 12.2. The molecule has 3 aromatic heterocycles. The van der Waals surface area contributed by atoms with Gasteiger partial charge in [0, 0.05) is 39.5 Å². The number of pyridine rings is 1. The Bertz CT molecular complexity index is 3010. The van der Waals surface area contributed by atoms with E-state index < -0.39 is 6.85 Å². The lowest BCUT2D eigenvalue weighted by Gasteiger charge is -2.26. The summed E-state index contributed by atoms with van der Waals surface area (Å²) >= 11 is 0. The van der Waals surface area contributed by atoms with Crippen molar-refractivity contribution in [2.24, 2.45) is 0 Å². The SMILES string of the molecule is [2H]C([2H])([2H])c1ccnc(-n2c3ccc(C(C)(C)C)cc3c3ccc(Oc4cc(-c5c(C(C)C)cccc5C(C)C)cc(-n5[c-][n+](-c6cc(C(C)(C)C)cc(C(C)(C)C)c6)cc5)c4)cc32)c1. The summed E-state index contributed by atoms with van der Waals surface area (Å²) in [5.74, 6) is 2.46. The molecule has 0 bridgehead atoms. The zero-order valence-electron chi connectivity index (χ0n) is 41.9. The summed E-state index contributed by atoms with van der Waals surface area (Å²) in [4.78, 5) is 4.74. The second kappa shape index (κ2) is 15.8. The molecule has 0 saturated carbocycles. The first-order valence-electron chi connectivity index (χ1n) is 23.6. The van der Waals surface area contributed by atoms with Crippen LogP contribution in [0.4, 0.5) is 0 Å². The van der Waals surface area contributed by atoms with Crippen LogP contribution >= 0.6 is 0 Å². The molecule has 8 rings (SSSR count). The number of rotatable bonds is 8. The third kappa shape index (κ3) is 8.34. The van der Waals surface area contributed by atoms with E-state index in [-0.39, 0.29) is 21.8 Å². The summed E-state index contributed by atoms with van der Waals surface area (Å²) in [6, 6.07) is 36.0. The number of hydrogen-bond acceptors (Lipinski definition) is 2. The fourth-order valence-corrected chi connectivity index (χ4v) is 8.48. The Labute approximate surface area is 374 Å². The quantitative estimate of drug-likeness (QED) is 0.113. The van der Waals surface area contributed by atoms with E-state index in [4.69, 9.17) is 13.8 Å². The molecule has 5 aromatic carbocycles. The molecule has 0 spiro atoms. The average molecular weight is 824 g/mol. The molecule has 0 atom stereocenters. The monoisotopic (exact) mass is 824 g/mol. The van der Waals surface area contributed by atoms with Crippen molar-refractivity contribution in [2.45, 2.75) is 125 Å². The molecule has 0 radical (unpaired) electrons. The van der Waals surface area contributed by atoms with E-state index in [0.717, 1.165) is 38.7 Å². The number of benzene rings is 5. The topological polar surface area (TPSA) is 35.9 Å². The highest BCUT2D eigenvalue weighted by Crippen LogP contribution is 2.41. The lowest BCUT2D eigenvalue weighted by molar-refractivity contribution is -0.599. The van der Waals surface area contributed by atoms with Crippen molar-refractivity contribution in [3.63, 3.8) is 0 Å². The van der Waals surface area contributed by atoms with Gasteiger partial charge in [-0.15, -0.1) is 0 Å². The average Bonchev–Trinajstić information content (AvgIpc) is 3.85. The Morgan fingerprint density at radius 3 is 1.95 bits per heavy atom. The number of nitrogens with zero attached hydrogens (tertiary/aromatic N) is 4. The molecule has 0 fully saturated rings. The van der Waals surface area contributed by atoms with E-state index in [9.17, 15) is 0 Å². The molecule has 0 unspecified atom stereocenters. The molecule has 8 aromatic rings.